The van der Waals surface area contributed by atoms with E-state index in [1.54, 1.807) is 31.4 Å². The van der Waals surface area contributed by atoms with Crippen LogP contribution in [0.15, 0.2) is 48.5 Å². The molecule has 1 unspecified atom stereocenters. The van der Waals surface area contributed by atoms with Crippen molar-refractivity contribution in [2.45, 2.75) is 19.9 Å². The number of ether oxygens (including phenoxy) is 1. The Hall–Kier alpha value is -2.37. The number of nitrogens with one attached hydrogen (secondary N) is 2. The van der Waals surface area contributed by atoms with E-state index >= 15 is 0 Å². The Morgan fingerprint density at radius 3 is 2.74 bits per heavy atom. The molecule has 0 saturated carbocycles. The van der Waals surface area contributed by atoms with E-state index in [2.05, 4.69) is 28.5 Å². The molecule has 0 spiro atoms. The standard InChI is InChI=1S/C22H29N3O2/c1-3-25-12-11-18(16-25)15-23-14-17-5-4-6-20(13-17)24-22(26)19-7-9-21(27-2)10-8-19/h4-10,13,18,23H,3,11-12,14-16H2,1-2H3,(H,24,26). The normalized spacial score (nSPS) is 17.0. The first kappa shape index (κ1) is 19.4. The molecule has 27 heavy (non-hydrogen) atoms. The van der Waals surface area contributed by atoms with E-state index in [4.69, 9.17) is 4.74 Å². The second kappa shape index (κ2) is 9.53. The van der Waals surface area contributed by atoms with Gasteiger partial charge in [0.05, 0.1) is 7.11 Å². The Bertz CT molecular complexity index is 745. The maximum absolute atomic E-state index is 12.4. The first-order chi connectivity index (χ1) is 13.2. The van der Waals surface area contributed by atoms with Gasteiger partial charge in [0.2, 0.25) is 0 Å². The fourth-order valence-electron chi connectivity index (χ4n) is 3.49. The van der Waals surface area contributed by atoms with Gasteiger partial charge in [0.1, 0.15) is 5.75 Å². The summed E-state index contributed by atoms with van der Waals surface area (Å²) in [6.07, 6.45) is 1.28. The molecule has 2 N–H and O–H groups in total. The van der Waals surface area contributed by atoms with Gasteiger partial charge < -0.3 is 20.3 Å². The first-order valence-corrected chi connectivity index (χ1v) is 9.65. The summed E-state index contributed by atoms with van der Waals surface area (Å²) in [5, 5.41) is 6.53. The monoisotopic (exact) mass is 367 g/mol. The predicted molar refractivity (Wildman–Crippen MR) is 109 cm³/mol. The van der Waals surface area contributed by atoms with Crippen LogP contribution >= 0.6 is 0 Å². The van der Waals surface area contributed by atoms with Crippen LogP contribution in [0.25, 0.3) is 0 Å². The molecule has 1 fully saturated rings. The van der Waals surface area contributed by atoms with Crippen molar-refractivity contribution in [1.29, 1.82) is 0 Å². The van der Waals surface area contributed by atoms with Crippen LogP contribution in [0.1, 0.15) is 29.3 Å². The Balaban J connectivity index is 1.50. The average Bonchev–Trinajstić information content (AvgIpc) is 3.16. The number of carbonyl (C=O) groups excluding carboxylic acids is 1. The molecule has 0 radical (unpaired) electrons. The van der Waals surface area contributed by atoms with Crippen molar-refractivity contribution < 1.29 is 9.53 Å². The van der Waals surface area contributed by atoms with Crippen LogP contribution in [-0.4, -0.2) is 44.1 Å². The van der Waals surface area contributed by atoms with Crippen molar-refractivity contribution in [1.82, 2.24) is 10.2 Å². The Morgan fingerprint density at radius 1 is 1.22 bits per heavy atom. The average molecular weight is 367 g/mol. The number of carbonyl (C=O) groups is 1. The Morgan fingerprint density at radius 2 is 2.04 bits per heavy atom. The van der Waals surface area contributed by atoms with Crippen LogP contribution in [0.2, 0.25) is 0 Å². The summed E-state index contributed by atoms with van der Waals surface area (Å²) in [6.45, 7) is 7.64. The lowest BCUT2D eigenvalue weighted by atomic mass is 10.1. The third-order valence-corrected chi connectivity index (χ3v) is 5.12. The zero-order valence-electron chi connectivity index (χ0n) is 16.2. The number of amides is 1. The lowest BCUT2D eigenvalue weighted by Crippen LogP contribution is -2.26. The van der Waals surface area contributed by atoms with Crippen LogP contribution in [0.4, 0.5) is 5.69 Å². The number of hydrogen-bond acceptors (Lipinski definition) is 4. The van der Waals surface area contributed by atoms with Crippen molar-refractivity contribution >= 4 is 11.6 Å². The molecule has 2 aromatic rings. The highest BCUT2D eigenvalue weighted by Crippen LogP contribution is 2.17. The van der Waals surface area contributed by atoms with Crippen LogP contribution < -0.4 is 15.4 Å². The minimum Gasteiger partial charge on any atom is -0.497 e. The van der Waals surface area contributed by atoms with Crippen molar-refractivity contribution in [3.8, 4) is 5.75 Å². The zero-order chi connectivity index (χ0) is 19.1. The van der Waals surface area contributed by atoms with E-state index in [1.807, 2.05) is 18.2 Å². The largest absolute Gasteiger partial charge is 0.497 e. The maximum atomic E-state index is 12.4. The molecule has 2 aromatic carbocycles. The second-order valence-corrected chi connectivity index (χ2v) is 7.06. The van der Waals surface area contributed by atoms with Crippen LogP contribution in [0, 0.1) is 5.92 Å². The number of rotatable bonds is 8. The van der Waals surface area contributed by atoms with Gasteiger partial charge in [-0.05, 0) is 73.9 Å². The lowest BCUT2D eigenvalue weighted by molar-refractivity contribution is 0.102. The van der Waals surface area contributed by atoms with Crippen molar-refractivity contribution in [3.63, 3.8) is 0 Å². The molecular formula is C22H29N3O2. The van der Waals surface area contributed by atoms with Gasteiger partial charge in [-0.25, -0.2) is 0 Å². The number of nitrogens with zero attached hydrogens (tertiary/aromatic N) is 1. The van der Waals surface area contributed by atoms with E-state index in [-0.39, 0.29) is 5.91 Å². The minimum absolute atomic E-state index is 0.117. The summed E-state index contributed by atoms with van der Waals surface area (Å²) in [6, 6.07) is 15.1. The third kappa shape index (κ3) is 5.55. The number of hydrogen-bond donors (Lipinski definition) is 2. The van der Waals surface area contributed by atoms with Crippen LogP contribution in [0.5, 0.6) is 5.75 Å². The molecule has 3 rings (SSSR count). The molecule has 144 valence electrons. The molecule has 1 amide bonds. The van der Waals surface area contributed by atoms with E-state index in [0.29, 0.717) is 5.56 Å². The molecule has 1 atom stereocenters. The number of anilines is 1. The minimum atomic E-state index is -0.117. The van der Waals surface area contributed by atoms with Crippen LogP contribution in [-0.2, 0) is 6.54 Å². The fraction of sp³-hybridized carbons (Fsp3) is 0.409. The molecule has 5 nitrogen and oxygen atoms in total. The van der Waals surface area contributed by atoms with Gasteiger partial charge in [0, 0.05) is 24.3 Å². The summed E-state index contributed by atoms with van der Waals surface area (Å²) in [7, 11) is 1.61. The van der Waals surface area contributed by atoms with Crippen molar-refractivity contribution in [3.05, 3.63) is 59.7 Å². The molecule has 1 aliphatic heterocycles. The topological polar surface area (TPSA) is 53.6 Å². The van der Waals surface area contributed by atoms with E-state index in [0.717, 1.165) is 37.0 Å². The Kier molecular flexibility index (Phi) is 6.85. The lowest BCUT2D eigenvalue weighted by Gasteiger charge is -2.14. The summed E-state index contributed by atoms with van der Waals surface area (Å²) in [4.78, 5) is 14.9. The molecule has 0 aliphatic carbocycles. The number of methoxy groups -OCH3 is 1. The molecular weight excluding hydrogens is 338 g/mol. The summed E-state index contributed by atoms with van der Waals surface area (Å²) < 4.78 is 5.13. The van der Waals surface area contributed by atoms with Crippen molar-refractivity contribution in [2.75, 3.05) is 38.6 Å². The molecule has 1 heterocycles. The van der Waals surface area contributed by atoms with E-state index < -0.39 is 0 Å². The molecule has 0 aromatic heterocycles. The molecule has 1 aliphatic rings. The van der Waals surface area contributed by atoms with Gasteiger partial charge in [-0.3, -0.25) is 4.79 Å². The smallest absolute Gasteiger partial charge is 0.255 e. The maximum Gasteiger partial charge on any atom is 0.255 e. The van der Waals surface area contributed by atoms with Gasteiger partial charge in [-0.15, -0.1) is 0 Å². The third-order valence-electron chi connectivity index (χ3n) is 5.12. The highest BCUT2D eigenvalue weighted by molar-refractivity contribution is 6.04. The molecule has 5 heteroatoms. The second-order valence-electron chi connectivity index (χ2n) is 7.06. The summed E-state index contributed by atoms with van der Waals surface area (Å²) >= 11 is 0. The molecule has 1 saturated heterocycles. The highest BCUT2D eigenvalue weighted by Gasteiger charge is 2.20. The van der Waals surface area contributed by atoms with Crippen LogP contribution in [0.3, 0.4) is 0 Å². The van der Waals surface area contributed by atoms with Crippen molar-refractivity contribution in [2.24, 2.45) is 5.92 Å². The Labute approximate surface area is 161 Å². The van der Waals surface area contributed by atoms with E-state index in [1.165, 1.54) is 25.1 Å². The van der Waals surface area contributed by atoms with Gasteiger partial charge in [-0.1, -0.05) is 19.1 Å². The number of benzene rings is 2. The van der Waals surface area contributed by atoms with E-state index in [9.17, 15) is 4.79 Å². The number of likely N-dealkylation sites (tertiary alicyclic amines) is 1. The van der Waals surface area contributed by atoms with Gasteiger partial charge >= 0.3 is 0 Å². The highest BCUT2D eigenvalue weighted by atomic mass is 16.5. The SMILES string of the molecule is CCN1CCC(CNCc2cccc(NC(=O)c3ccc(OC)cc3)c2)C1. The fourth-order valence-corrected chi connectivity index (χ4v) is 3.49. The van der Waals surface area contributed by atoms with Gasteiger partial charge in [0.25, 0.3) is 5.91 Å². The zero-order valence-corrected chi connectivity index (χ0v) is 16.2. The predicted octanol–water partition coefficient (Wildman–Crippen LogP) is 3.38. The first-order valence-electron chi connectivity index (χ1n) is 9.65. The summed E-state index contributed by atoms with van der Waals surface area (Å²) in [5.74, 6) is 1.36. The quantitative estimate of drug-likeness (QED) is 0.751. The van der Waals surface area contributed by atoms with Gasteiger partial charge in [0.15, 0.2) is 0 Å². The summed E-state index contributed by atoms with van der Waals surface area (Å²) in [5.41, 5.74) is 2.60. The molecule has 0 bridgehead atoms. The van der Waals surface area contributed by atoms with Gasteiger partial charge in [-0.2, -0.15) is 0 Å².